The Morgan fingerprint density at radius 3 is 2.68 bits per heavy atom. The molecule has 8 heteroatoms. The maximum absolute atomic E-state index is 11.8. The van der Waals surface area contributed by atoms with Crippen molar-refractivity contribution in [3.8, 4) is 5.75 Å². The number of methoxy groups -OCH3 is 1. The van der Waals surface area contributed by atoms with E-state index in [-0.39, 0.29) is 6.54 Å². The minimum atomic E-state index is -0.438. The quantitative estimate of drug-likeness (QED) is 0.727. The molecule has 0 unspecified atom stereocenters. The number of benzene rings is 1. The van der Waals surface area contributed by atoms with Gasteiger partial charge < -0.3 is 20.1 Å². The maximum atomic E-state index is 11.8. The van der Waals surface area contributed by atoms with Gasteiger partial charge in [0, 0.05) is 15.9 Å². The highest BCUT2D eigenvalue weighted by Crippen LogP contribution is 2.19. The van der Waals surface area contributed by atoms with Gasteiger partial charge in [0.15, 0.2) is 0 Å². The number of fused-ring (bicyclic) bond motifs is 1. The van der Waals surface area contributed by atoms with Crippen LogP contribution in [0.4, 0.5) is 0 Å². The van der Waals surface area contributed by atoms with E-state index in [2.05, 4.69) is 15.9 Å². The van der Waals surface area contributed by atoms with Crippen LogP contribution in [0.2, 0.25) is 0 Å². The Bertz CT molecular complexity index is 937. The summed E-state index contributed by atoms with van der Waals surface area (Å²) < 4.78 is 12.6. The Morgan fingerprint density at radius 2 is 2.04 bits per heavy atom. The number of hydrogen-bond donors (Lipinski definition) is 1. The van der Waals surface area contributed by atoms with Gasteiger partial charge in [-0.15, -0.1) is 11.3 Å². The molecule has 0 radical (unpaired) electrons. The highest BCUT2D eigenvalue weighted by molar-refractivity contribution is 9.10. The van der Waals surface area contributed by atoms with Crippen molar-refractivity contribution in [1.82, 2.24) is 4.90 Å². The molecule has 0 bridgehead atoms. The van der Waals surface area contributed by atoms with Crippen LogP contribution in [0.15, 0.2) is 34.8 Å². The molecule has 130 valence electrons. The van der Waals surface area contributed by atoms with Crippen molar-refractivity contribution >= 4 is 51.1 Å². The molecular formula is C17H15BrN2O4S. The van der Waals surface area contributed by atoms with Crippen LogP contribution in [0.5, 0.6) is 5.75 Å². The van der Waals surface area contributed by atoms with Gasteiger partial charge in [0.25, 0.3) is 0 Å². The molecule has 1 aromatic carbocycles. The first-order valence-corrected chi connectivity index (χ1v) is 8.96. The lowest BCUT2D eigenvalue weighted by molar-refractivity contribution is -0.118. The van der Waals surface area contributed by atoms with Crippen LogP contribution in [0.1, 0.15) is 9.67 Å². The summed E-state index contributed by atoms with van der Waals surface area (Å²) in [6.45, 7) is 0.446. The second-order valence-corrected chi connectivity index (χ2v) is 7.36. The highest BCUT2D eigenvalue weighted by atomic mass is 79.9. The zero-order valence-electron chi connectivity index (χ0n) is 13.3. The summed E-state index contributed by atoms with van der Waals surface area (Å²) in [5.41, 5.74) is 5.31. The van der Waals surface area contributed by atoms with Gasteiger partial charge in [-0.3, -0.25) is 4.79 Å². The van der Waals surface area contributed by atoms with Crippen molar-refractivity contribution in [2.24, 2.45) is 5.73 Å². The molecule has 2 heterocycles. The third kappa shape index (κ3) is 4.02. The number of nitrogens with zero attached hydrogens (tertiary/aromatic N) is 1. The van der Waals surface area contributed by atoms with Crippen molar-refractivity contribution in [1.29, 1.82) is 0 Å². The van der Waals surface area contributed by atoms with E-state index in [4.69, 9.17) is 15.2 Å². The first-order chi connectivity index (χ1) is 12.0. The van der Waals surface area contributed by atoms with E-state index in [9.17, 15) is 9.59 Å². The van der Waals surface area contributed by atoms with Crippen molar-refractivity contribution in [3.05, 3.63) is 49.4 Å². The highest BCUT2D eigenvalue weighted by Gasteiger charge is 2.19. The first kappa shape index (κ1) is 17.5. The second-order valence-electron chi connectivity index (χ2n) is 5.36. The predicted molar refractivity (Wildman–Crippen MR) is 98.3 cm³/mol. The monoisotopic (exact) mass is 422 g/mol. The molecular weight excluding hydrogens is 408 g/mol. The van der Waals surface area contributed by atoms with Gasteiger partial charge in [-0.2, -0.15) is 0 Å². The summed E-state index contributed by atoms with van der Waals surface area (Å²) in [6, 6.07) is 9.17. The molecule has 2 N–H and O–H groups in total. The lowest BCUT2D eigenvalue weighted by Crippen LogP contribution is -2.41. The fourth-order valence-electron chi connectivity index (χ4n) is 2.44. The van der Waals surface area contributed by atoms with Crippen LogP contribution in [0, 0.1) is 0 Å². The zero-order chi connectivity index (χ0) is 18.0. The summed E-state index contributed by atoms with van der Waals surface area (Å²) >= 11 is 4.67. The number of esters is 1. The summed E-state index contributed by atoms with van der Waals surface area (Å²) in [7, 11) is 1.34. The van der Waals surface area contributed by atoms with Gasteiger partial charge in [0.2, 0.25) is 5.91 Å². The topological polar surface area (TPSA) is 81.9 Å². The minimum Gasteiger partial charge on any atom is -0.465 e. The number of carbonyl (C=O) groups is 2. The van der Waals surface area contributed by atoms with E-state index >= 15 is 0 Å². The number of rotatable bonds is 5. The Kier molecular flexibility index (Phi) is 5.10. The molecule has 25 heavy (non-hydrogen) atoms. The standard InChI is InChI=1S/C17H15BrN2O4S/c1-23-17(22)14-6-12-13(24-11-4-2-10(18)3-5-11)7-20(9-16(19)21)8-15(12)25-14/h2-6,8H,7,9H2,1H3,(H2,19,21). The van der Waals surface area contributed by atoms with Gasteiger partial charge in [-0.1, -0.05) is 15.9 Å². The van der Waals surface area contributed by atoms with E-state index in [0.29, 0.717) is 22.9 Å². The van der Waals surface area contributed by atoms with Crippen LogP contribution in [0.25, 0.3) is 12.0 Å². The fraction of sp³-hybridized carbons (Fsp3) is 0.176. The summed E-state index contributed by atoms with van der Waals surface area (Å²) in [5, 5.41) is 0.814. The SMILES string of the molecule is COC(=O)c1cc2c(s1)=CN(CC(N)=O)CC=2Oc1ccc(Br)cc1. The third-order valence-electron chi connectivity index (χ3n) is 3.51. The molecule has 0 saturated heterocycles. The van der Waals surface area contributed by atoms with Gasteiger partial charge in [-0.25, -0.2) is 4.79 Å². The lowest BCUT2D eigenvalue weighted by atomic mass is 10.2. The molecule has 0 saturated carbocycles. The Hall–Kier alpha value is -2.32. The Morgan fingerprint density at radius 1 is 1.32 bits per heavy atom. The number of primary amides is 1. The maximum Gasteiger partial charge on any atom is 0.348 e. The fourth-order valence-corrected chi connectivity index (χ4v) is 3.76. The number of hydrogen-bond acceptors (Lipinski definition) is 6. The lowest BCUT2D eigenvalue weighted by Gasteiger charge is -2.23. The van der Waals surface area contributed by atoms with Gasteiger partial charge >= 0.3 is 5.97 Å². The van der Waals surface area contributed by atoms with Crippen molar-refractivity contribution in [2.45, 2.75) is 0 Å². The van der Waals surface area contributed by atoms with Gasteiger partial charge in [-0.05, 0) is 30.3 Å². The molecule has 0 aliphatic carbocycles. The third-order valence-corrected chi connectivity index (χ3v) is 5.09. The average Bonchev–Trinajstić information content (AvgIpc) is 3.00. The van der Waals surface area contributed by atoms with Crippen LogP contribution in [-0.4, -0.2) is 37.0 Å². The molecule has 0 fully saturated rings. The van der Waals surface area contributed by atoms with Gasteiger partial charge in [0.05, 0.1) is 24.7 Å². The second kappa shape index (κ2) is 7.28. The number of amides is 1. The summed E-state index contributed by atoms with van der Waals surface area (Å²) in [6.07, 6.45) is 1.81. The van der Waals surface area contributed by atoms with Crippen LogP contribution in [0.3, 0.4) is 0 Å². The van der Waals surface area contributed by atoms with Crippen LogP contribution >= 0.6 is 27.3 Å². The zero-order valence-corrected chi connectivity index (χ0v) is 15.7. The summed E-state index contributed by atoms with van der Waals surface area (Å²) in [4.78, 5) is 25.3. The average molecular weight is 423 g/mol. The first-order valence-electron chi connectivity index (χ1n) is 7.35. The number of halogens is 1. The minimum absolute atomic E-state index is 0.0676. The van der Waals surface area contributed by atoms with E-state index in [1.807, 2.05) is 30.5 Å². The molecule has 0 atom stereocenters. The van der Waals surface area contributed by atoms with Crippen molar-refractivity contribution in [3.63, 3.8) is 0 Å². The van der Waals surface area contributed by atoms with Gasteiger partial charge in [0.1, 0.15) is 16.4 Å². The Balaban J connectivity index is 2.04. The smallest absolute Gasteiger partial charge is 0.348 e. The normalized spacial score (nSPS) is 13.0. The number of carbonyl (C=O) groups excluding carboxylic acids is 2. The molecule has 1 aliphatic heterocycles. The molecule has 1 aliphatic rings. The van der Waals surface area contributed by atoms with Crippen LogP contribution < -0.4 is 20.2 Å². The number of ether oxygens (including phenoxy) is 2. The summed E-state index contributed by atoms with van der Waals surface area (Å²) in [5.74, 6) is 0.466. The van der Waals surface area contributed by atoms with Crippen molar-refractivity contribution in [2.75, 3.05) is 20.2 Å². The van der Waals surface area contributed by atoms with E-state index < -0.39 is 11.9 Å². The van der Waals surface area contributed by atoms with E-state index in [1.54, 1.807) is 11.0 Å². The Labute approximate surface area is 156 Å². The number of thiophene rings is 1. The predicted octanol–water partition coefficient (Wildman–Crippen LogP) is 1.02. The molecule has 1 aromatic heterocycles. The van der Waals surface area contributed by atoms with E-state index in [1.165, 1.54) is 18.4 Å². The molecule has 0 spiro atoms. The molecule has 2 aromatic rings. The van der Waals surface area contributed by atoms with Crippen molar-refractivity contribution < 1.29 is 19.1 Å². The molecule has 3 rings (SSSR count). The largest absolute Gasteiger partial charge is 0.465 e. The molecule has 6 nitrogen and oxygen atoms in total. The number of nitrogens with two attached hydrogens (primary N) is 1. The van der Waals surface area contributed by atoms with E-state index in [0.717, 1.165) is 14.2 Å². The van der Waals surface area contributed by atoms with Crippen LogP contribution in [-0.2, 0) is 9.53 Å². The molecule has 1 amide bonds.